The maximum absolute atomic E-state index is 6.08. The number of furan rings is 1. The molecule has 0 spiro atoms. The Morgan fingerprint density at radius 1 is 1.24 bits per heavy atom. The molecule has 0 saturated carbocycles. The first-order valence-corrected chi connectivity index (χ1v) is 9.56. The van der Waals surface area contributed by atoms with Gasteiger partial charge in [0.05, 0.1) is 12.1 Å². The Bertz CT molecular complexity index is 647. The monoisotopic (exact) mass is 343 g/mol. The lowest BCUT2D eigenvalue weighted by Crippen LogP contribution is -2.33. The predicted molar refractivity (Wildman–Crippen MR) is 99.3 cm³/mol. The summed E-state index contributed by atoms with van der Waals surface area (Å²) in [5.41, 5.74) is 7.68. The van der Waals surface area contributed by atoms with E-state index in [1.165, 1.54) is 24.6 Å². The van der Waals surface area contributed by atoms with Crippen molar-refractivity contribution in [2.45, 2.75) is 37.8 Å². The molecule has 5 nitrogen and oxygen atoms in total. The van der Waals surface area contributed by atoms with Gasteiger partial charge in [-0.15, -0.1) is 0 Å². The minimum Gasteiger partial charge on any atom is -0.459 e. The van der Waals surface area contributed by atoms with E-state index in [2.05, 4.69) is 41.0 Å². The van der Waals surface area contributed by atoms with E-state index in [9.17, 15) is 0 Å². The molecule has 0 radical (unpaired) electrons. The zero-order chi connectivity index (χ0) is 17.1. The SMILES string of the molecule is CN(CCC1CCCCO1)CC1CNNC1c1cc2ccccc2o1. The second kappa shape index (κ2) is 7.87. The Kier molecular flexibility index (Phi) is 5.36. The first-order valence-electron chi connectivity index (χ1n) is 9.56. The summed E-state index contributed by atoms with van der Waals surface area (Å²) in [6.07, 6.45) is 5.37. The number of benzene rings is 1. The van der Waals surface area contributed by atoms with Gasteiger partial charge in [-0.25, -0.2) is 5.43 Å². The molecular formula is C20H29N3O2. The summed E-state index contributed by atoms with van der Waals surface area (Å²) in [6, 6.07) is 10.6. The van der Waals surface area contributed by atoms with Crippen LogP contribution in [0.5, 0.6) is 0 Å². The van der Waals surface area contributed by atoms with Gasteiger partial charge in [0.15, 0.2) is 0 Å². The highest BCUT2D eigenvalue weighted by Gasteiger charge is 2.31. The lowest BCUT2D eigenvalue weighted by molar-refractivity contribution is 0.00609. The third kappa shape index (κ3) is 4.06. The highest BCUT2D eigenvalue weighted by molar-refractivity contribution is 5.77. The van der Waals surface area contributed by atoms with Crippen molar-refractivity contribution in [2.75, 3.05) is 33.3 Å². The van der Waals surface area contributed by atoms with Crippen molar-refractivity contribution in [3.63, 3.8) is 0 Å². The maximum Gasteiger partial charge on any atom is 0.134 e. The van der Waals surface area contributed by atoms with Crippen molar-refractivity contribution in [3.05, 3.63) is 36.1 Å². The largest absolute Gasteiger partial charge is 0.459 e. The van der Waals surface area contributed by atoms with Gasteiger partial charge in [0.2, 0.25) is 0 Å². The van der Waals surface area contributed by atoms with E-state index >= 15 is 0 Å². The summed E-state index contributed by atoms with van der Waals surface area (Å²) in [4.78, 5) is 2.44. The van der Waals surface area contributed by atoms with E-state index in [0.29, 0.717) is 12.0 Å². The number of hydrogen-bond donors (Lipinski definition) is 2. The van der Waals surface area contributed by atoms with Crippen LogP contribution in [-0.4, -0.2) is 44.3 Å². The third-order valence-corrected chi connectivity index (χ3v) is 5.50. The highest BCUT2D eigenvalue weighted by atomic mass is 16.5. The smallest absolute Gasteiger partial charge is 0.134 e. The summed E-state index contributed by atoms with van der Waals surface area (Å²) in [6.45, 7) is 4.05. The van der Waals surface area contributed by atoms with Crippen molar-refractivity contribution >= 4 is 11.0 Å². The van der Waals surface area contributed by atoms with Crippen LogP contribution in [0.25, 0.3) is 11.0 Å². The van der Waals surface area contributed by atoms with Gasteiger partial charge < -0.3 is 14.1 Å². The molecule has 3 unspecified atom stereocenters. The molecule has 1 aromatic heterocycles. The number of nitrogens with one attached hydrogen (secondary N) is 2. The quantitative estimate of drug-likeness (QED) is 0.844. The van der Waals surface area contributed by atoms with E-state index in [1.54, 1.807) is 0 Å². The summed E-state index contributed by atoms with van der Waals surface area (Å²) in [5, 5.41) is 1.17. The van der Waals surface area contributed by atoms with Crippen molar-refractivity contribution in [3.8, 4) is 0 Å². The van der Waals surface area contributed by atoms with Crippen molar-refractivity contribution in [2.24, 2.45) is 5.92 Å². The number of ether oxygens (including phenoxy) is 1. The van der Waals surface area contributed by atoms with Crippen molar-refractivity contribution in [1.82, 2.24) is 15.8 Å². The Balaban J connectivity index is 1.34. The van der Waals surface area contributed by atoms with Crippen LogP contribution in [0, 0.1) is 5.92 Å². The van der Waals surface area contributed by atoms with Crippen molar-refractivity contribution in [1.29, 1.82) is 0 Å². The topological polar surface area (TPSA) is 49.7 Å². The number of nitrogens with zero attached hydrogens (tertiary/aromatic N) is 1. The molecule has 3 heterocycles. The Morgan fingerprint density at radius 2 is 2.16 bits per heavy atom. The molecule has 3 atom stereocenters. The molecule has 25 heavy (non-hydrogen) atoms. The van der Waals surface area contributed by atoms with Crippen molar-refractivity contribution < 1.29 is 9.15 Å². The molecule has 2 aromatic rings. The highest BCUT2D eigenvalue weighted by Crippen LogP contribution is 2.30. The molecule has 0 aliphatic carbocycles. The molecule has 0 amide bonds. The summed E-state index contributed by atoms with van der Waals surface area (Å²) < 4.78 is 11.9. The number of para-hydroxylation sites is 1. The zero-order valence-electron chi connectivity index (χ0n) is 15.0. The molecule has 2 fully saturated rings. The molecular weight excluding hydrogens is 314 g/mol. The van der Waals surface area contributed by atoms with E-state index in [4.69, 9.17) is 9.15 Å². The van der Waals surface area contributed by atoms with Crippen LogP contribution < -0.4 is 10.9 Å². The zero-order valence-corrected chi connectivity index (χ0v) is 15.0. The molecule has 2 saturated heterocycles. The minimum atomic E-state index is 0.223. The maximum atomic E-state index is 6.08. The van der Waals surface area contributed by atoms with Crippen LogP contribution >= 0.6 is 0 Å². The number of fused-ring (bicyclic) bond motifs is 1. The van der Waals surface area contributed by atoms with Crippen LogP contribution in [0.15, 0.2) is 34.7 Å². The van der Waals surface area contributed by atoms with Gasteiger partial charge in [0, 0.05) is 37.5 Å². The van der Waals surface area contributed by atoms with Gasteiger partial charge in [-0.3, -0.25) is 5.43 Å². The summed E-state index contributed by atoms with van der Waals surface area (Å²) in [7, 11) is 2.22. The fraction of sp³-hybridized carbons (Fsp3) is 0.600. The fourth-order valence-electron chi connectivity index (χ4n) is 4.06. The molecule has 2 aliphatic rings. The van der Waals surface area contributed by atoms with Gasteiger partial charge in [0.25, 0.3) is 0 Å². The molecule has 136 valence electrons. The summed E-state index contributed by atoms with van der Waals surface area (Å²) in [5.74, 6) is 1.53. The molecule has 4 rings (SSSR count). The molecule has 1 aromatic carbocycles. The third-order valence-electron chi connectivity index (χ3n) is 5.50. The van der Waals surface area contributed by atoms with E-state index in [-0.39, 0.29) is 6.04 Å². The second-order valence-corrected chi connectivity index (χ2v) is 7.49. The van der Waals surface area contributed by atoms with Gasteiger partial charge >= 0.3 is 0 Å². The minimum absolute atomic E-state index is 0.223. The summed E-state index contributed by atoms with van der Waals surface area (Å²) >= 11 is 0. The molecule has 5 heteroatoms. The number of hydrazine groups is 1. The predicted octanol–water partition coefficient (Wildman–Crippen LogP) is 3.09. The number of rotatable bonds is 6. The number of hydrogen-bond acceptors (Lipinski definition) is 5. The van der Waals surface area contributed by atoms with Crippen LogP contribution in [0.3, 0.4) is 0 Å². The van der Waals surface area contributed by atoms with Gasteiger partial charge in [-0.2, -0.15) is 0 Å². The standard InChI is InChI=1S/C20H29N3O2/c1-23(10-9-17-7-4-5-11-24-17)14-16-13-21-22-20(16)19-12-15-6-2-3-8-18(15)25-19/h2-3,6,8,12,16-17,20-22H,4-5,7,9-11,13-14H2,1H3. The first kappa shape index (κ1) is 17.0. The lowest BCUT2D eigenvalue weighted by Gasteiger charge is -2.27. The Labute approximate surface area is 149 Å². The van der Waals surface area contributed by atoms with Gasteiger partial charge in [-0.1, -0.05) is 18.2 Å². The van der Waals surface area contributed by atoms with Crippen LogP contribution in [0.4, 0.5) is 0 Å². The second-order valence-electron chi connectivity index (χ2n) is 7.49. The molecule has 2 N–H and O–H groups in total. The van der Waals surface area contributed by atoms with Crippen LogP contribution in [-0.2, 0) is 4.74 Å². The fourth-order valence-corrected chi connectivity index (χ4v) is 4.06. The Hall–Kier alpha value is -1.40. The van der Waals surface area contributed by atoms with Crippen LogP contribution in [0.2, 0.25) is 0 Å². The lowest BCUT2D eigenvalue weighted by atomic mass is 9.98. The van der Waals surface area contributed by atoms with E-state index in [0.717, 1.165) is 44.0 Å². The van der Waals surface area contributed by atoms with Gasteiger partial charge in [0.1, 0.15) is 11.3 Å². The van der Waals surface area contributed by atoms with E-state index in [1.807, 2.05) is 12.1 Å². The normalized spacial score (nSPS) is 27.4. The average Bonchev–Trinajstić information content (AvgIpc) is 3.27. The molecule has 2 aliphatic heterocycles. The molecule has 0 bridgehead atoms. The average molecular weight is 343 g/mol. The Morgan fingerprint density at radius 3 is 3.00 bits per heavy atom. The van der Waals surface area contributed by atoms with E-state index < -0.39 is 0 Å². The van der Waals surface area contributed by atoms with Gasteiger partial charge in [-0.05, 0) is 44.9 Å². The van der Waals surface area contributed by atoms with Crippen LogP contribution in [0.1, 0.15) is 37.5 Å². The first-order chi connectivity index (χ1) is 12.3.